The van der Waals surface area contributed by atoms with Gasteiger partial charge in [-0.1, -0.05) is 17.7 Å². The van der Waals surface area contributed by atoms with Gasteiger partial charge in [-0.05, 0) is 55.7 Å². The Labute approximate surface area is 124 Å². The number of carbonyl (C=O) groups is 1. The Morgan fingerprint density at radius 3 is 2.33 bits per heavy atom. The van der Waals surface area contributed by atoms with Crippen LogP contribution in [0.3, 0.4) is 0 Å². The highest BCUT2D eigenvalue weighted by Crippen LogP contribution is 2.28. The number of hydrogen-bond donors (Lipinski definition) is 3. The summed E-state index contributed by atoms with van der Waals surface area (Å²) in [6, 6.07) is 10.4. The molecule has 0 aliphatic heterocycles. The lowest BCUT2D eigenvalue weighted by Gasteiger charge is -2.09. The van der Waals surface area contributed by atoms with E-state index < -0.39 is 0 Å². The molecule has 110 valence electrons. The fraction of sp³-hybridized carbons (Fsp3) is 0.235. The number of benzene rings is 2. The molecule has 2 rings (SSSR count). The van der Waals surface area contributed by atoms with Gasteiger partial charge in [0.1, 0.15) is 0 Å². The number of aromatic hydroxyl groups is 2. The van der Waals surface area contributed by atoms with Gasteiger partial charge >= 0.3 is 0 Å². The average Bonchev–Trinajstić information content (AvgIpc) is 2.45. The molecular formula is C17H19NO3. The van der Waals surface area contributed by atoms with Gasteiger partial charge in [0.05, 0.1) is 0 Å². The standard InChI is InChI=1S/C17H19NO3/c1-11-3-5-13(6-4-11)17(21)18-8-7-14-10-16(20)15(19)9-12(14)2/h3-6,9-10,19-20H,7-8H2,1-2H3,(H,18,21). The minimum absolute atomic E-state index is 0.115. The molecular weight excluding hydrogens is 266 g/mol. The number of phenolic OH excluding ortho intramolecular Hbond substituents is 2. The Hall–Kier alpha value is -2.49. The molecule has 0 fully saturated rings. The maximum atomic E-state index is 12.0. The first-order valence-electron chi connectivity index (χ1n) is 6.83. The Kier molecular flexibility index (Phi) is 4.48. The topological polar surface area (TPSA) is 69.6 Å². The molecule has 0 saturated heterocycles. The molecule has 0 bridgehead atoms. The van der Waals surface area contributed by atoms with E-state index >= 15 is 0 Å². The molecule has 2 aromatic carbocycles. The van der Waals surface area contributed by atoms with Gasteiger partial charge in [-0.2, -0.15) is 0 Å². The second kappa shape index (κ2) is 6.31. The van der Waals surface area contributed by atoms with Crippen molar-refractivity contribution < 1.29 is 15.0 Å². The summed E-state index contributed by atoms with van der Waals surface area (Å²) < 4.78 is 0. The van der Waals surface area contributed by atoms with Crippen molar-refractivity contribution in [3.05, 3.63) is 58.7 Å². The molecule has 4 nitrogen and oxygen atoms in total. The molecule has 0 spiro atoms. The second-order valence-electron chi connectivity index (χ2n) is 5.14. The van der Waals surface area contributed by atoms with Crippen LogP contribution in [0.5, 0.6) is 11.5 Å². The Balaban J connectivity index is 1.94. The molecule has 0 atom stereocenters. The third-order valence-corrected chi connectivity index (χ3v) is 3.43. The van der Waals surface area contributed by atoms with E-state index in [1.807, 2.05) is 26.0 Å². The first-order valence-corrected chi connectivity index (χ1v) is 6.83. The van der Waals surface area contributed by atoms with E-state index in [-0.39, 0.29) is 17.4 Å². The van der Waals surface area contributed by atoms with Crippen LogP contribution in [0.2, 0.25) is 0 Å². The summed E-state index contributed by atoms with van der Waals surface area (Å²) in [7, 11) is 0. The molecule has 0 heterocycles. The third kappa shape index (κ3) is 3.75. The third-order valence-electron chi connectivity index (χ3n) is 3.43. The van der Waals surface area contributed by atoms with E-state index in [0.717, 1.165) is 16.7 Å². The SMILES string of the molecule is Cc1ccc(C(=O)NCCc2cc(O)c(O)cc2C)cc1. The molecule has 0 aromatic heterocycles. The fourth-order valence-electron chi connectivity index (χ4n) is 2.11. The number of phenols is 2. The number of rotatable bonds is 4. The molecule has 2 aromatic rings. The zero-order chi connectivity index (χ0) is 15.4. The van der Waals surface area contributed by atoms with Crippen molar-refractivity contribution in [2.45, 2.75) is 20.3 Å². The van der Waals surface area contributed by atoms with Crippen molar-refractivity contribution in [2.24, 2.45) is 0 Å². The largest absolute Gasteiger partial charge is 0.504 e. The monoisotopic (exact) mass is 285 g/mol. The highest BCUT2D eigenvalue weighted by molar-refractivity contribution is 5.94. The van der Waals surface area contributed by atoms with E-state index in [9.17, 15) is 15.0 Å². The van der Waals surface area contributed by atoms with Crippen LogP contribution in [-0.4, -0.2) is 22.7 Å². The van der Waals surface area contributed by atoms with E-state index in [1.54, 1.807) is 12.1 Å². The van der Waals surface area contributed by atoms with Gasteiger partial charge in [-0.25, -0.2) is 0 Å². The Bertz CT molecular complexity index is 648. The minimum Gasteiger partial charge on any atom is -0.504 e. The van der Waals surface area contributed by atoms with Gasteiger partial charge in [0.15, 0.2) is 11.5 Å². The number of nitrogens with one attached hydrogen (secondary N) is 1. The summed E-state index contributed by atoms with van der Waals surface area (Å²) in [5.41, 5.74) is 3.53. The van der Waals surface area contributed by atoms with E-state index in [2.05, 4.69) is 5.32 Å². The summed E-state index contributed by atoms with van der Waals surface area (Å²) in [5.74, 6) is -0.379. The van der Waals surface area contributed by atoms with Crippen LogP contribution in [0.25, 0.3) is 0 Å². The van der Waals surface area contributed by atoms with Crippen LogP contribution < -0.4 is 5.32 Å². The van der Waals surface area contributed by atoms with Crippen molar-refractivity contribution in [3.63, 3.8) is 0 Å². The smallest absolute Gasteiger partial charge is 0.251 e. The highest BCUT2D eigenvalue weighted by Gasteiger charge is 2.07. The quantitative estimate of drug-likeness (QED) is 0.756. The summed E-state index contributed by atoms with van der Waals surface area (Å²) in [5, 5.41) is 21.7. The number of carbonyl (C=O) groups excluding carboxylic acids is 1. The van der Waals surface area contributed by atoms with Crippen molar-refractivity contribution in [1.29, 1.82) is 0 Å². The maximum absolute atomic E-state index is 12.0. The van der Waals surface area contributed by atoms with Gasteiger partial charge in [-0.3, -0.25) is 4.79 Å². The molecule has 0 saturated carbocycles. The lowest BCUT2D eigenvalue weighted by Crippen LogP contribution is -2.25. The second-order valence-corrected chi connectivity index (χ2v) is 5.14. The summed E-state index contributed by atoms with van der Waals surface area (Å²) in [6.07, 6.45) is 0.595. The van der Waals surface area contributed by atoms with Crippen LogP contribution in [0.1, 0.15) is 27.0 Å². The number of amides is 1. The van der Waals surface area contributed by atoms with Crippen molar-refractivity contribution >= 4 is 5.91 Å². The van der Waals surface area contributed by atoms with E-state index in [0.29, 0.717) is 18.5 Å². The molecule has 1 amide bonds. The molecule has 21 heavy (non-hydrogen) atoms. The summed E-state index contributed by atoms with van der Waals surface area (Å²) in [4.78, 5) is 12.0. The van der Waals surface area contributed by atoms with Crippen molar-refractivity contribution in [3.8, 4) is 11.5 Å². The molecule has 0 unspecified atom stereocenters. The zero-order valence-corrected chi connectivity index (χ0v) is 12.2. The Morgan fingerprint density at radius 2 is 1.67 bits per heavy atom. The van der Waals surface area contributed by atoms with Crippen LogP contribution in [-0.2, 0) is 6.42 Å². The van der Waals surface area contributed by atoms with Gasteiger partial charge < -0.3 is 15.5 Å². The van der Waals surface area contributed by atoms with Gasteiger partial charge in [0, 0.05) is 12.1 Å². The van der Waals surface area contributed by atoms with E-state index in [1.165, 1.54) is 12.1 Å². The molecule has 0 aliphatic rings. The zero-order valence-electron chi connectivity index (χ0n) is 12.2. The highest BCUT2D eigenvalue weighted by atomic mass is 16.3. The van der Waals surface area contributed by atoms with Gasteiger partial charge in [0.2, 0.25) is 0 Å². The number of hydrogen-bond acceptors (Lipinski definition) is 3. The fourth-order valence-corrected chi connectivity index (χ4v) is 2.11. The predicted octanol–water partition coefficient (Wildman–Crippen LogP) is 2.69. The normalized spacial score (nSPS) is 10.4. The molecule has 4 heteroatoms. The van der Waals surface area contributed by atoms with Crippen LogP contribution >= 0.6 is 0 Å². The molecule has 0 aliphatic carbocycles. The van der Waals surface area contributed by atoms with Crippen LogP contribution in [0.15, 0.2) is 36.4 Å². The van der Waals surface area contributed by atoms with E-state index in [4.69, 9.17) is 0 Å². The van der Waals surface area contributed by atoms with Crippen LogP contribution in [0, 0.1) is 13.8 Å². The minimum atomic E-state index is -0.138. The lowest BCUT2D eigenvalue weighted by molar-refractivity contribution is 0.0954. The van der Waals surface area contributed by atoms with Crippen molar-refractivity contribution in [1.82, 2.24) is 5.32 Å². The van der Waals surface area contributed by atoms with Gasteiger partial charge in [0.25, 0.3) is 5.91 Å². The first-order chi connectivity index (χ1) is 9.97. The first kappa shape index (κ1) is 14.9. The summed E-state index contributed by atoms with van der Waals surface area (Å²) >= 11 is 0. The average molecular weight is 285 g/mol. The number of aryl methyl sites for hydroxylation is 2. The Morgan fingerprint density at radius 1 is 1.05 bits per heavy atom. The van der Waals surface area contributed by atoms with Crippen LogP contribution in [0.4, 0.5) is 0 Å². The van der Waals surface area contributed by atoms with Crippen molar-refractivity contribution in [2.75, 3.05) is 6.54 Å². The lowest BCUT2D eigenvalue weighted by atomic mass is 10.0. The summed E-state index contributed by atoms with van der Waals surface area (Å²) in [6.45, 7) is 4.30. The maximum Gasteiger partial charge on any atom is 0.251 e. The molecule has 3 N–H and O–H groups in total. The predicted molar refractivity (Wildman–Crippen MR) is 81.7 cm³/mol. The van der Waals surface area contributed by atoms with Gasteiger partial charge in [-0.15, -0.1) is 0 Å². The molecule has 0 radical (unpaired) electrons.